The van der Waals surface area contributed by atoms with Crippen molar-refractivity contribution in [1.29, 1.82) is 0 Å². The van der Waals surface area contributed by atoms with Gasteiger partial charge in [0.2, 0.25) is 0 Å². The topological polar surface area (TPSA) is 78.1 Å². The summed E-state index contributed by atoms with van der Waals surface area (Å²) in [6.07, 6.45) is 2.11. The molecule has 0 aliphatic carbocycles. The largest absolute Gasteiger partial charge is 0.352 e. The second-order valence-electron chi connectivity index (χ2n) is 5.39. The van der Waals surface area contributed by atoms with Gasteiger partial charge in [0.05, 0.1) is 0 Å². The summed E-state index contributed by atoms with van der Waals surface area (Å²) in [6, 6.07) is 6.92. The van der Waals surface area contributed by atoms with Crippen molar-refractivity contribution in [3.05, 3.63) is 51.4 Å². The third-order valence-corrected chi connectivity index (χ3v) is 3.48. The molecule has 1 amide bonds. The fourth-order valence-electron chi connectivity index (χ4n) is 2.00. The normalized spacial score (nSPS) is 10.8. The molecule has 0 fully saturated rings. The summed E-state index contributed by atoms with van der Waals surface area (Å²) in [5.41, 5.74) is 0.270. The number of H-pyrrole nitrogens is 1. The molecule has 0 unspecified atom stereocenters. The highest BCUT2D eigenvalue weighted by atomic mass is 35.5. The zero-order chi connectivity index (χ0) is 16.8. The monoisotopic (exact) mass is 334 g/mol. The van der Waals surface area contributed by atoms with Crippen molar-refractivity contribution in [2.75, 3.05) is 27.2 Å². The van der Waals surface area contributed by atoms with Crippen LogP contribution in [0.2, 0.25) is 5.02 Å². The highest BCUT2D eigenvalue weighted by Gasteiger charge is 2.12. The number of aromatic nitrogens is 2. The first kappa shape index (κ1) is 17.2. The molecule has 2 aromatic rings. The van der Waals surface area contributed by atoms with E-state index in [1.807, 2.05) is 19.0 Å². The summed E-state index contributed by atoms with van der Waals surface area (Å²) in [6.45, 7) is 1.37. The molecule has 1 aromatic heterocycles. The Hall–Kier alpha value is -2.18. The lowest BCUT2D eigenvalue weighted by molar-refractivity contribution is 0.0950. The summed E-state index contributed by atoms with van der Waals surface area (Å²) in [4.78, 5) is 32.9. The van der Waals surface area contributed by atoms with Gasteiger partial charge in [-0.25, -0.2) is 4.98 Å². The molecule has 7 heteroatoms. The van der Waals surface area contributed by atoms with Crippen molar-refractivity contribution in [2.45, 2.75) is 6.42 Å². The van der Waals surface area contributed by atoms with Gasteiger partial charge in [0.1, 0.15) is 11.4 Å². The van der Waals surface area contributed by atoms with E-state index in [0.29, 0.717) is 17.4 Å². The molecule has 0 aliphatic rings. The highest BCUT2D eigenvalue weighted by molar-refractivity contribution is 6.30. The predicted molar refractivity (Wildman–Crippen MR) is 90.8 cm³/mol. The van der Waals surface area contributed by atoms with E-state index in [-0.39, 0.29) is 5.56 Å². The molecular weight excluding hydrogens is 316 g/mol. The number of nitrogens with one attached hydrogen (secondary N) is 2. The number of rotatable bonds is 6. The fraction of sp³-hybridized carbons (Fsp3) is 0.312. The number of benzene rings is 1. The molecule has 2 rings (SSSR count). The van der Waals surface area contributed by atoms with Gasteiger partial charge in [0.25, 0.3) is 11.5 Å². The average Bonchev–Trinajstić information content (AvgIpc) is 2.51. The Morgan fingerprint density at radius 2 is 2.00 bits per heavy atom. The predicted octanol–water partition coefficient (Wildman–Crippen LogP) is 1.77. The van der Waals surface area contributed by atoms with Crippen molar-refractivity contribution in [1.82, 2.24) is 20.2 Å². The Morgan fingerprint density at radius 1 is 1.30 bits per heavy atom. The molecule has 1 heterocycles. The van der Waals surface area contributed by atoms with Gasteiger partial charge in [-0.15, -0.1) is 0 Å². The maximum Gasteiger partial charge on any atom is 0.264 e. The highest BCUT2D eigenvalue weighted by Crippen LogP contribution is 2.16. The Balaban J connectivity index is 2.05. The molecule has 2 N–H and O–H groups in total. The van der Waals surface area contributed by atoms with Gasteiger partial charge in [-0.3, -0.25) is 9.59 Å². The van der Waals surface area contributed by atoms with Gasteiger partial charge in [-0.2, -0.15) is 0 Å². The van der Waals surface area contributed by atoms with Crippen LogP contribution in [0.5, 0.6) is 0 Å². The minimum atomic E-state index is -0.463. The van der Waals surface area contributed by atoms with E-state index in [0.717, 1.165) is 18.5 Å². The quantitative estimate of drug-likeness (QED) is 0.789. The van der Waals surface area contributed by atoms with Crippen molar-refractivity contribution in [2.24, 2.45) is 0 Å². The molecule has 0 saturated heterocycles. The number of amides is 1. The van der Waals surface area contributed by atoms with Crippen LogP contribution >= 0.6 is 11.6 Å². The number of aromatic amines is 1. The molecule has 0 aliphatic heterocycles. The van der Waals surface area contributed by atoms with E-state index in [1.54, 1.807) is 24.3 Å². The van der Waals surface area contributed by atoms with E-state index >= 15 is 0 Å². The van der Waals surface area contributed by atoms with Crippen LogP contribution in [0.1, 0.15) is 16.8 Å². The maximum atomic E-state index is 12.1. The van der Waals surface area contributed by atoms with Gasteiger partial charge in [0.15, 0.2) is 0 Å². The number of carbonyl (C=O) groups is 1. The molecule has 0 radical (unpaired) electrons. The van der Waals surface area contributed by atoms with Gasteiger partial charge < -0.3 is 15.2 Å². The van der Waals surface area contributed by atoms with Crippen molar-refractivity contribution in [3.63, 3.8) is 0 Å². The molecule has 0 bridgehead atoms. The second kappa shape index (κ2) is 7.89. The molecular formula is C16H19ClN4O2. The molecule has 23 heavy (non-hydrogen) atoms. The number of hydrogen-bond donors (Lipinski definition) is 2. The van der Waals surface area contributed by atoms with E-state index in [1.165, 1.54) is 6.20 Å². The van der Waals surface area contributed by atoms with E-state index in [2.05, 4.69) is 15.3 Å². The number of hydrogen-bond acceptors (Lipinski definition) is 4. The summed E-state index contributed by atoms with van der Waals surface area (Å²) in [5.74, 6) is -0.0176. The van der Waals surface area contributed by atoms with Gasteiger partial charge in [0, 0.05) is 23.3 Å². The fourth-order valence-corrected chi connectivity index (χ4v) is 2.13. The van der Waals surface area contributed by atoms with Crippen molar-refractivity contribution >= 4 is 17.5 Å². The van der Waals surface area contributed by atoms with Gasteiger partial charge in [-0.1, -0.05) is 11.6 Å². The zero-order valence-electron chi connectivity index (χ0n) is 13.1. The van der Waals surface area contributed by atoms with E-state index < -0.39 is 11.5 Å². The SMILES string of the molecule is CN(C)CCCNC(=O)c1cnc(-c2ccc(Cl)cc2)[nH]c1=O. The molecule has 0 spiro atoms. The van der Waals surface area contributed by atoms with Gasteiger partial charge in [-0.05, 0) is 51.3 Å². The van der Waals surface area contributed by atoms with Crippen LogP contribution in [0.25, 0.3) is 11.4 Å². The first-order valence-electron chi connectivity index (χ1n) is 7.25. The van der Waals surface area contributed by atoms with Crippen molar-refractivity contribution < 1.29 is 4.79 Å². The summed E-state index contributed by atoms with van der Waals surface area (Å²) in [7, 11) is 3.93. The lowest BCUT2D eigenvalue weighted by Gasteiger charge is -2.09. The smallest absolute Gasteiger partial charge is 0.264 e. The Morgan fingerprint density at radius 3 is 2.61 bits per heavy atom. The average molecular weight is 335 g/mol. The number of nitrogens with zero attached hydrogens (tertiary/aromatic N) is 2. The van der Waals surface area contributed by atoms with E-state index in [9.17, 15) is 9.59 Å². The van der Waals surface area contributed by atoms with Crippen LogP contribution in [0.15, 0.2) is 35.3 Å². The van der Waals surface area contributed by atoms with Crippen LogP contribution in [0.4, 0.5) is 0 Å². The molecule has 0 atom stereocenters. The van der Waals surface area contributed by atoms with Crippen LogP contribution in [0.3, 0.4) is 0 Å². The van der Waals surface area contributed by atoms with Gasteiger partial charge >= 0.3 is 0 Å². The minimum absolute atomic E-state index is 0.00701. The number of halogens is 1. The molecule has 1 aromatic carbocycles. The van der Waals surface area contributed by atoms with E-state index in [4.69, 9.17) is 11.6 Å². The lowest BCUT2D eigenvalue weighted by Crippen LogP contribution is -2.32. The Labute approximate surface area is 139 Å². The Bertz CT molecular complexity index is 726. The summed E-state index contributed by atoms with van der Waals surface area (Å²) < 4.78 is 0. The zero-order valence-corrected chi connectivity index (χ0v) is 13.9. The molecule has 6 nitrogen and oxygen atoms in total. The first-order chi connectivity index (χ1) is 11.0. The molecule has 122 valence electrons. The second-order valence-corrected chi connectivity index (χ2v) is 5.83. The van der Waals surface area contributed by atoms with Crippen LogP contribution in [-0.2, 0) is 0 Å². The molecule has 0 saturated carbocycles. The van der Waals surface area contributed by atoms with Crippen LogP contribution < -0.4 is 10.9 Å². The third-order valence-electron chi connectivity index (χ3n) is 3.23. The van der Waals surface area contributed by atoms with Crippen LogP contribution in [-0.4, -0.2) is 48.0 Å². The summed E-state index contributed by atoms with van der Waals surface area (Å²) in [5, 5.41) is 3.32. The number of carbonyl (C=O) groups excluding carboxylic acids is 1. The standard InChI is InChI=1S/C16H19ClN4O2/c1-21(2)9-3-8-18-15(22)13-10-19-14(20-16(13)23)11-4-6-12(17)7-5-11/h4-7,10H,3,8-9H2,1-2H3,(H,18,22)(H,19,20,23). The van der Waals surface area contributed by atoms with Crippen LogP contribution in [0, 0.1) is 0 Å². The maximum absolute atomic E-state index is 12.1. The minimum Gasteiger partial charge on any atom is -0.352 e. The van der Waals surface area contributed by atoms with Crippen molar-refractivity contribution in [3.8, 4) is 11.4 Å². The first-order valence-corrected chi connectivity index (χ1v) is 7.63. The summed E-state index contributed by atoms with van der Waals surface area (Å²) >= 11 is 5.83. The Kier molecular flexibility index (Phi) is 5.90. The lowest BCUT2D eigenvalue weighted by atomic mass is 10.2. The third kappa shape index (κ3) is 4.91.